The van der Waals surface area contributed by atoms with Crippen LogP contribution in [0.25, 0.3) is 0 Å². The second-order valence-corrected chi connectivity index (χ2v) is 5.96. The number of aliphatic hydroxyl groups is 1. The molecule has 0 aliphatic carbocycles. The number of benzene rings is 1. The first kappa shape index (κ1) is 18.0. The van der Waals surface area contributed by atoms with E-state index in [4.69, 9.17) is 14.6 Å². The fourth-order valence-corrected chi connectivity index (χ4v) is 3.52. The van der Waals surface area contributed by atoms with E-state index in [1.807, 2.05) is 0 Å². The highest BCUT2D eigenvalue weighted by Crippen LogP contribution is 2.40. The monoisotopic (exact) mass is 322 g/mol. The van der Waals surface area contributed by atoms with Crippen molar-refractivity contribution in [2.24, 2.45) is 0 Å². The second-order valence-electron chi connectivity index (χ2n) is 5.96. The molecule has 1 aromatic carbocycles. The van der Waals surface area contributed by atoms with Gasteiger partial charge in [-0.3, -0.25) is 4.90 Å². The molecule has 5 heteroatoms. The van der Waals surface area contributed by atoms with Gasteiger partial charge < -0.3 is 19.9 Å². The van der Waals surface area contributed by atoms with E-state index in [-0.39, 0.29) is 6.61 Å². The second kappa shape index (κ2) is 8.52. The lowest BCUT2D eigenvalue weighted by Crippen LogP contribution is -2.40. The summed E-state index contributed by atoms with van der Waals surface area (Å²) in [6.45, 7) is 7.79. The SMILES string of the molecule is CCC1Cc2c(c(OC)cc(CNCCO)c2OC)CN1CC. The van der Waals surface area contributed by atoms with Crippen molar-refractivity contribution in [1.82, 2.24) is 10.2 Å². The van der Waals surface area contributed by atoms with Gasteiger partial charge in [-0.1, -0.05) is 13.8 Å². The molecule has 0 bridgehead atoms. The normalized spacial score (nSPS) is 17.9. The van der Waals surface area contributed by atoms with Crippen LogP contribution >= 0.6 is 0 Å². The van der Waals surface area contributed by atoms with Crippen molar-refractivity contribution in [3.05, 3.63) is 22.8 Å². The highest BCUT2D eigenvalue weighted by Gasteiger charge is 2.30. The number of aliphatic hydroxyl groups excluding tert-OH is 1. The van der Waals surface area contributed by atoms with Gasteiger partial charge in [-0.2, -0.15) is 0 Å². The van der Waals surface area contributed by atoms with E-state index in [1.54, 1.807) is 14.2 Å². The number of nitrogens with zero attached hydrogens (tertiary/aromatic N) is 1. The fourth-order valence-electron chi connectivity index (χ4n) is 3.52. The van der Waals surface area contributed by atoms with Crippen molar-refractivity contribution >= 4 is 0 Å². The number of rotatable bonds is 8. The number of hydrogen-bond acceptors (Lipinski definition) is 5. The van der Waals surface area contributed by atoms with Gasteiger partial charge >= 0.3 is 0 Å². The van der Waals surface area contributed by atoms with Crippen LogP contribution in [0.2, 0.25) is 0 Å². The van der Waals surface area contributed by atoms with Crippen LogP contribution in [-0.2, 0) is 19.5 Å². The van der Waals surface area contributed by atoms with E-state index in [0.717, 1.165) is 43.0 Å². The van der Waals surface area contributed by atoms with Crippen LogP contribution in [0.4, 0.5) is 0 Å². The average molecular weight is 322 g/mol. The molecule has 0 radical (unpaired) electrons. The molecule has 1 aromatic rings. The molecule has 1 aliphatic heterocycles. The maximum Gasteiger partial charge on any atom is 0.127 e. The van der Waals surface area contributed by atoms with Crippen LogP contribution < -0.4 is 14.8 Å². The van der Waals surface area contributed by atoms with Crippen molar-refractivity contribution < 1.29 is 14.6 Å². The Labute approximate surface area is 139 Å². The summed E-state index contributed by atoms with van der Waals surface area (Å²) in [6.07, 6.45) is 2.12. The molecule has 0 saturated heterocycles. The van der Waals surface area contributed by atoms with Gasteiger partial charge in [0, 0.05) is 42.4 Å². The summed E-state index contributed by atoms with van der Waals surface area (Å²) < 4.78 is 11.4. The minimum absolute atomic E-state index is 0.133. The fraction of sp³-hybridized carbons (Fsp3) is 0.667. The molecule has 1 atom stereocenters. The number of ether oxygens (including phenoxy) is 2. The summed E-state index contributed by atoms with van der Waals surface area (Å²) in [7, 11) is 3.47. The third-order valence-electron chi connectivity index (χ3n) is 4.76. The highest BCUT2D eigenvalue weighted by molar-refractivity contribution is 5.55. The van der Waals surface area contributed by atoms with Crippen LogP contribution in [0.5, 0.6) is 11.5 Å². The van der Waals surface area contributed by atoms with Crippen molar-refractivity contribution in [3.63, 3.8) is 0 Å². The largest absolute Gasteiger partial charge is 0.496 e. The first-order valence-electron chi connectivity index (χ1n) is 8.51. The Balaban J connectivity index is 2.43. The lowest BCUT2D eigenvalue weighted by atomic mass is 9.89. The van der Waals surface area contributed by atoms with Crippen LogP contribution in [0.3, 0.4) is 0 Å². The zero-order chi connectivity index (χ0) is 16.8. The van der Waals surface area contributed by atoms with Gasteiger partial charge in [0.15, 0.2) is 0 Å². The first-order chi connectivity index (χ1) is 11.2. The first-order valence-corrected chi connectivity index (χ1v) is 8.51. The van der Waals surface area contributed by atoms with Crippen LogP contribution in [0.1, 0.15) is 37.0 Å². The summed E-state index contributed by atoms with van der Waals surface area (Å²) >= 11 is 0. The highest BCUT2D eigenvalue weighted by atomic mass is 16.5. The Kier molecular flexibility index (Phi) is 6.69. The van der Waals surface area contributed by atoms with Gasteiger partial charge in [0.1, 0.15) is 11.5 Å². The molecule has 0 saturated carbocycles. The zero-order valence-electron chi connectivity index (χ0n) is 14.8. The Morgan fingerprint density at radius 3 is 2.61 bits per heavy atom. The lowest BCUT2D eigenvalue weighted by molar-refractivity contribution is 0.171. The third kappa shape index (κ3) is 3.79. The van der Waals surface area contributed by atoms with Crippen molar-refractivity contribution in [1.29, 1.82) is 0 Å². The maximum absolute atomic E-state index is 8.96. The van der Waals surface area contributed by atoms with E-state index < -0.39 is 0 Å². The van der Waals surface area contributed by atoms with Gasteiger partial charge in [0.05, 0.1) is 20.8 Å². The Morgan fingerprint density at radius 2 is 2.04 bits per heavy atom. The van der Waals surface area contributed by atoms with Crippen molar-refractivity contribution in [2.45, 2.75) is 45.8 Å². The molecule has 23 heavy (non-hydrogen) atoms. The van der Waals surface area contributed by atoms with E-state index >= 15 is 0 Å². The van der Waals surface area contributed by atoms with Crippen molar-refractivity contribution in [3.8, 4) is 11.5 Å². The number of methoxy groups -OCH3 is 2. The third-order valence-corrected chi connectivity index (χ3v) is 4.76. The number of nitrogens with one attached hydrogen (secondary N) is 1. The van der Waals surface area contributed by atoms with Crippen LogP contribution in [0, 0.1) is 0 Å². The summed E-state index contributed by atoms with van der Waals surface area (Å²) in [5.41, 5.74) is 3.63. The summed E-state index contributed by atoms with van der Waals surface area (Å²) in [6, 6.07) is 2.62. The van der Waals surface area contributed by atoms with E-state index in [0.29, 0.717) is 19.1 Å². The molecular weight excluding hydrogens is 292 g/mol. The predicted octanol–water partition coefficient (Wildman–Crippen LogP) is 1.94. The molecule has 1 aliphatic rings. The quantitative estimate of drug-likeness (QED) is 0.717. The van der Waals surface area contributed by atoms with E-state index in [2.05, 4.69) is 30.1 Å². The summed E-state index contributed by atoms with van der Waals surface area (Å²) in [5.74, 6) is 1.91. The lowest BCUT2D eigenvalue weighted by Gasteiger charge is -2.37. The van der Waals surface area contributed by atoms with Gasteiger partial charge in [0.2, 0.25) is 0 Å². The number of likely N-dealkylation sites (N-methyl/N-ethyl adjacent to an activating group) is 1. The van der Waals surface area contributed by atoms with Gasteiger partial charge in [-0.15, -0.1) is 0 Å². The minimum Gasteiger partial charge on any atom is -0.496 e. The van der Waals surface area contributed by atoms with Crippen molar-refractivity contribution in [2.75, 3.05) is 33.9 Å². The molecule has 0 spiro atoms. The molecule has 0 amide bonds. The number of fused-ring (bicyclic) bond motifs is 1. The summed E-state index contributed by atoms with van der Waals surface area (Å²) in [5, 5.41) is 12.2. The Hall–Kier alpha value is -1.30. The molecule has 130 valence electrons. The van der Waals surface area contributed by atoms with E-state index in [9.17, 15) is 0 Å². The van der Waals surface area contributed by atoms with Gasteiger partial charge in [0.25, 0.3) is 0 Å². The van der Waals surface area contributed by atoms with Crippen LogP contribution in [-0.4, -0.2) is 50.0 Å². The molecule has 1 unspecified atom stereocenters. The molecule has 1 heterocycles. The zero-order valence-corrected chi connectivity index (χ0v) is 14.8. The van der Waals surface area contributed by atoms with Crippen LogP contribution in [0.15, 0.2) is 6.07 Å². The number of hydrogen-bond donors (Lipinski definition) is 2. The van der Waals surface area contributed by atoms with E-state index in [1.165, 1.54) is 11.1 Å². The molecular formula is C18H30N2O3. The average Bonchev–Trinajstić information content (AvgIpc) is 2.59. The molecule has 2 N–H and O–H groups in total. The maximum atomic E-state index is 8.96. The predicted molar refractivity (Wildman–Crippen MR) is 92.2 cm³/mol. The summed E-state index contributed by atoms with van der Waals surface area (Å²) in [4.78, 5) is 2.51. The van der Waals surface area contributed by atoms with Gasteiger partial charge in [-0.25, -0.2) is 0 Å². The smallest absolute Gasteiger partial charge is 0.127 e. The molecule has 0 aromatic heterocycles. The standard InChI is InChI=1S/C18H30N2O3/c1-5-14-10-15-16(12-20(14)6-2)17(22-3)9-13(18(15)23-4)11-19-7-8-21/h9,14,19,21H,5-8,10-12H2,1-4H3. The topological polar surface area (TPSA) is 54.0 Å². The molecule has 5 nitrogen and oxygen atoms in total. The minimum atomic E-state index is 0.133. The Bertz CT molecular complexity index is 519. The Morgan fingerprint density at radius 1 is 1.26 bits per heavy atom. The van der Waals surface area contributed by atoms with Gasteiger partial charge in [-0.05, 0) is 25.5 Å². The molecule has 2 rings (SSSR count). The molecule has 0 fully saturated rings.